The number of rotatable bonds is 3. The molecule has 0 saturated heterocycles. The van der Waals surface area contributed by atoms with Gasteiger partial charge in [0.1, 0.15) is 6.54 Å². The molecular weight excluding hydrogens is 287 g/mol. The van der Waals surface area contributed by atoms with E-state index in [0.29, 0.717) is 15.6 Å². The molecule has 0 aliphatic carbocycles. The summed E-state index contributed by atoms with van der Waals surface area (Å²) in [5, 5.41) is 4.59. The van der Waals surface area contributed by atoms with Crippen LogP contribution in [0.4, 0.5) is 0 Å². The zero-order valence-corrected chi connectivity index (χ0v) is 11.6. The second-order valence-corrected chi connectivity index (χ2v) is 4.90. The molecule has 0 unspecified atom stereocenters. The van der Waals surface area contributed by atoms with Crippen molar-refractivity contribution < 1.29 is 4.79 Å². The lowest BCUT2D eigenvalue weighted by Gasteiger charge is -2.05. The second kappa shape index (κ2) is 5.55. The van der Waals surface area contributed by atoms with Crippen molar-refractivity contribution in [3.8, 4) is 0 Å². The lowest BCUT2D eigenvalue weighted by molar-refractivity contribution is 0.0965. The van der Waals surface area contributed by atoms with E-state index in [-0.39, 0.29) is 17.9 Å². The normalized spacial score (nSPS) is 10.5. The first-order valence-electron chi connectivity index (χ1n) is 5.49. The minimum atomic E-state index is -0.312. The standard InChI is InChI=1S/C13H10Cl2N2O2/c1-8-4-13(19)17(16-6-8)7-12(18)9-2-3-10(14)11(15)5-9/h2-6H,7H2,1H3. The van der Waals surface area contributed by atoms with Crippen molar-refractivity contribution in [1.29, 1.82) is 0 Å². The van der Waals surface area contributed by atoms with Gasteiger partial charge in [-0.25, -0.2) is 4.68 Å². The average molecular weight is 297 g/mol. The van der Waals surface area contributed by atoms with E-state index in [1.807, 2.05) is 0 Å². The fourth-order valence-corrected chi connectivity index (χ4v) is 1.84. The summed E-state index contributed by atoms with van der Waals surface area (Å²) in [5.74, 6) is -0.253. The van der Waals surface area contributed by atoms with Crippen LogP contribution < -0.4 is 5.56 Å². The maximum atomic E-state index is 12.0. The Kier molecular flexibility index (Phi) is 4.02. The summed E-state index contributed by atoms with van der Waals surface area (Å²) in [7, 11) is 0. The van der Waals surface area contributed by atoms with Crippen molar-refractivity contribution in [3.63, 3.8) is 0 Å². The monoisotopic (exact) mass is 296 g/mol. The molecule has 1 aromatic heterocycles. The summed E-state index contributed by atoms with van der Waals surface area (Å²) in [5.41, 5.74) is 0.834. The van der Waals surface area contributed by atoms with Gasteiger partial charge in [0.2, 0.25) is 0 Å². The first kappa shape index (κ1) is 13.8. The van der Waals surface area contributed by atoms with E-state index >= 15 is 0 Å². The van der Waals surface area contributed by atoms with Crippen LogP contribution in [0.15, 0.2) is 35.3 Å². The van der Waals surface area contributed by atoms with Gasteiger partial charge in [0.25, 0.3) is 5.56 Å². The van der Waals surface area contributed by atoms with Crippen LogP contribution in [0.2, 0.25) is 10.0 Å². The highest BCUT2D eigenvalue weighted by molar-refractivity contribution is 6.42. The van der Waals surface area contributed by atoms with E-state index in [9.17, 15) is 9.59 Å². The molecule has 0 spiro atoms. The van der Waals surface area contributed by atoms with Gasteiger partial charge < -0.3 is 0 Å². The van der Waals surface area contributed by atoms with Gasteiger partial charge in [-0.15, -0.1) is 0 Å². The highest BCUT2D eigenvalue weighted by Crippen LogP contribution is 2.22. The van der Waals surface area contributed by atoms with E-state index in [1.165, 1.54) is 18.3 Å². The molecule has 0 amide bonds. The SMILES string of the molecule is Cc1cnn(CC(=O)c2ccc(Cl)c(Cl)c2)c(=O)c1. The lowest BCUT2D eigenvalue weighted by Crippen LogP contribution is -2.26. The zero-order chi connectivity index (χ0) is 14.0. The topological polar surface area (TPSA) is 52.0 Å². The van der Waals surface area contributed by atoms with Crippen molar-refractivity contribution in [3.05, 3.63) is 62.0 Å². The van der Waals surface area contributed by atoms with Gasteiger partial charge in [0.15, 0.2) is 5.78 Å². The van der Waals surface area contributed by atoms with Gasteiger partial charge in [-0.1, -0.05) is 23.2 Å². The van der Waals surface area contributed by atoms with E-state index in [2.05, 4.69) is 5.10 Å². The Labute approximate surface area is 119 Å². The molecule has 1 heterocycles. The summed E-state index contributed by atoms with van der Waals surface area (Å²) < 4.78 is 1.11. The van der Waals surface area contributed by atoms with Gasteiger partial charge in [0.05, 0.1) is 16.2 Å². The van der Waals surface area contributed by atoms with E-state index in [1.54, 1.807) is 19.1 Å². The van der Waals surface area contributed by atoms with Crippen LogP contribution >= 0.6 is 23.2 Å². The Morgan fingerprint density at radius 2 is 2.00 bits per heavy atom. The number of halogens is 2. The molecule has 0 radical (unpaired) electrons. The molecular formula is C13H10Cl2N2O2. The number of nitrogens with zero attached hydrogens (tertiary/aromatic N) is 2. The number of ketones is 1. The van der Waals surface area contributed by atoms with Crippen molar-refractivity contribution in [2.45, 2.75) is 13.5 Å². The predicted molar refractivity (Wildman–Crippen MR) is 74.0 cm³/mol. The van der Waals surface area contributed by atoms with Crippen LogP contribution in [0.25, 0.3) is 0 Å². The van der Waals surface area contributed by atoms with Gasteiger partial charge in [-0.05, 0) is 30.7 Å². The van der Waals surface area contributed by atoms with E-state index in [0.717, 1.165) is 10.2 Å². The molecule has 0 fully saturated rings. The van der Waals surface area contributed by atoms with E-state index < -0.39 is 0 Å². The largest absolute Gasteiger partial charge is 0.292 e. The molecule has 98 valence electrons. The van der Waals surface area contributed by atoms with Crippen LogP contribution in [0.5, 0.6) is 0 Å². The van der Waals surface area contributed by atoms with Gasteiger partial charge >= 0.3 is 0 Å². The Hall–Kier alpha value is -1.65. The molecule has 0 bridgehead atoms. The molecule has 0 N–H and O–H groups in total. The third-order valence-corrected chi connectivity index (χ3v) is 3.28. The fourth-order valence-electron chi connectivity index (χ4n) is 1.54. The summed E-state index contributed by atoms with van der Waals surface area (Å²) >= 11 is 11.6. The van der Waals surface area contributed by atoms with Gasteiger partial charge in [-0.3, -0.25) is 9.59 Å². The first-order valence-corrected chi connectivity index (χ1v) is 6.25. The minimum absolute atomic E-state index is 0.128. The number of aromatic nitrogens is 2. The molecule has 0 aliphatic rings. The average Bonchev–Trinajstić information content (AvgIpc) is 2.36. The highest BCUT2D eigenvalue weighted by Gasteiger charge is 2.10. The van der Waals surface area contributed by atoms with Gasteiger partial charge in [0, 0.05) is 11.6 Å². The number of hydrogen-bond donors (Lipinski definition) is 0. The first-order chi connectivity index (χ1) is 8.97. The molecule has 2 aromatic rings. The maximum absolute atomic E-state index is 12.0. The van der Waals surface area contributed by atoms with Crippen molar-refractivity contribution in [2.24, 2.45) is 0 Å². The zero-order valence-electron chi connectivity index (χ0n) is 10.1. The quantitative estimate of drug-likeness (QED) is 0.819. The molecule has 19 heavy (non-hydrogen) atoms. The van der Waals surface area contributed by atoms with E-state index in [4.69, 9.17) is 23.2 Å². The maximum Gasteiger partial charge on any atom is 0.267 e. The number of carbonyl (C=O) groups excluding carboxylic acids is 1. The molecule has 1 aromatic carbocycles. The Morgan fingerprint density at radius 1 is 1.26 bits per heavy atom. The third kappa shape index (κ3) is 3.22. The van der Waals surface area contributed by atoms with Crippen molar-refractivity contribution in [1.82, 2.24) is 9.78 Å². The molecule has 2 rings (SSSR count). The lowest BCUT2D eigenvalue weighted by atomic mass is 10.1. The molecule has 0 saturated carbocycles. The number of aryl methyl sites for hydroxylation is 1. The van der Waals surface area contributed by atoms with Crippen molar-refractivity contribution >= 4 is 29.0 Å². The Balaban J connectivity index is 2.25. The van der Waals surface area contributed by atoms with Crippen LogP contribution in [0.3, 0.4) is 0 Å². The molecule has 4 nitrogen and oxygen atoms in total. The van der Waals surface area contributed by atoms with Gasteiger partial charge in [-0.2, -0.15) is 5.10 Å². The van der Waals surface area contributed by atoms with Crippen LogP contribution in [0.1, 0.15) is 15.9 Å². The molecule has 6 heteroatoms. The minimum Gasteiger partial charge on any atom is -0.292 e. The Bertz CT molecular complexity index is 695. The second-order valence-electron chi connectivity index (χ2n) is 4.08. The fraction of sp³-hybridized carbons (Fsp3) is 0.154. The Morgan fingerprint density at radius 3 is 2.63 bits per heavy atom. The summed E-state index contributed by atoms with van der Waals surface area (Å²) in [6, 6.07) is 6.01. The van der Waals surface area contributed by atoms with Crippen LogP contribution in [-0.2, 0) is 6.54 Å². The number of Topliss-reactive ketones (excluding diaryl/α,β-unsaturated/α-hetero) is 1. The summed E-state index contributed by atoms with van der Waals surface area (Å²) in [4.78, 5) is 23.6. The highest BCUT2D eigenvalue weighted by atomic mass is 35.5. The molecule has 0 atom stereocenters. The third-order valence-electron chi connectivity index (χ3n) is 2.54. The number of hydrogen-bond acceptors (Lipinski definition) is 3. The smallest absolute Gasteiger partial charge is 0.267 e. The number of carbonyl (C=O) groups is 1. The van der Waals surface area contributed by atoms with Crippen LogP contribution in [-0.4, -0.2) is 15.6 Å². The predicted octanol–water partition coefficient (Wildman–Crippen LogP) is 2.74. The number of benzene rings is 1. The van der Waals surface area contributed by atoms with Crippen LogP contribution in [0, 0.1) is 6.92 Å². The van der Waals surface area contributed by atoms with Crippen molar-refractivity contribution in [2.75, 3.05) is 0 Å². The summed E-state index contributed by atoms with van der Waals surface area (Å²) in [6.07, 6.45) is 1.53. The molecule has 0 aliphatic heterocycles. The summed E-state index contributed by atoms with van der Waals surface area (Å²) in [6.45, 7) is 1.64.